The highest BCUT2D eigenvalue weighted by Gasteiger charge is 2.19. The molecular formula is C12H14Br2O2. The van der Waals surface area contributed by atoms with Gasteiger partial charge in [-0.2, -0.15) is 0 Å². The molecule has 16 heavy (non-hydrogen) atoms. The normalized spacial score (nSPS) is 19.1. The molecule has 0 aliphatic heterocycles. The molecule has 1 heterocycles. The number of allylic oxidation sites excluding steroid dienone is 1. The Bertz CT molecular complexity index is 376. The third-order valence-corrected chi connectivity index (χ3v) is 4.57. The number of aliphatic hydroxyl groups excluding tert-OH is 1. The molecule has 1 atom stereocenters. The summed E-state index contributed by atoms with van der Waals surface area (Å²) in [4.78, 5) is 0. The fourth-order valence-corrected chi connectivity index (χ4v) is 2.58. The first-order chi connectivity index (χ1) is 7.68. The van der Waals surface area contributed by atoms with Crippen molar-refractivity contribution in [2.24, 2.45) is 0 Å². The third kappa shape index (κ3) is 2.79. The molecule has 1 unspecified atom stereocenters. The van der Waals surface area contributed by atoms with Crippen LogP contribution in [0.25, 0.3) is 0 Å². The monoisotopic (exact) mass is 348 g/mol. The van der Waals surface area contributed by atoms with Crippen LogP contribution in [-0.4, -0.2) is 5.11 Å². The van der Waals surface area contributed by atoms with E-state index < -0.39 is 6.10 Å². The fourth-order valence-electron chi connectivity index (χ4n) is 1.97. The Kier molecular flexibility index (Phi) is 4.27. The summed E-state index contributed by atoms with van der Waals surface area (Å²) in [5.74, 6) is 0.604. The minimum absolute atomic E-state index is 0.597. The molecule has 0 saturated heterocycles. The maximum absolute atomic E-state index is 10.2. The van der Waals surface area contributed by atoms with Crippen LogP contribution in [-0.2, 0) is 0 Å². The summed E-state index contributed by atoms with van der Waals surface area (Å²) >= 11 is 6.63. The van der Waals surface area contributed by atoms with Gasteiger partial charge in [-0.1, -0.05) is 12.5 Å². The molecule has 4 heteroatoms. The summed E-state index contributed by atoms with van der Waals surface area (Å²) < 4.78 is 6.93. The third-order valence-electron chi connectivity index (χ3n) is 2.86. The Morgan fingerprint density at radius 1 is 1.25 bits per heavy atom. The second-order valence-electron chi connectivity index (χ2n) is 4.05. The molecule has 0 aromatic carbocycles. The van der Waals surface area contributed by atoms with Crippen LogP contribution in [0.2, 0.25) is 0 Å². The average molecular weight is 350 g/mol. The Hall–Kier alpha value is -0.0600. The SMILES string of the molecule is OC(C1=CCCCCC1)c1cc(Br)c(Br)o1. The Balaban J connectivity index is 2.17. The van der Waals surface area contributed by atoms with Gasteiger partial charge in [0.05, 0.1) is 4.47 Å². The predicted molar refractivity (Wildman–Crippen MR) is 70.2 cm³/mol. The fraction of sp³-hybridized carbons (Fsp3) is 0.500. The lowest BCUT2D eigenvalue weighted by Gasteiger charge is -2.11. The van der Waals surface area contributed by atoms with Crippen molar-refractivity contribution in [1.82, 2.24) is 0 Å². The summed E-state index contributed by atoms with van der Waals surface area (Å²) in [6, 6.07) is 1.82. The summed E-state index contributed by atoms with van der Waals surface area (Å²) in [5, 5.41) is 10.2. The van der Waals surface area contributed by atoms with Crippen LogP contribution in [0, 0.1) is 0 Å². The lowest BCUT2D eigenvalue weighted by molar-refractivity contribution is 0.179. The van der Waals surface area contributed by atoms with Gasteiger partial charge in [-0.15, -0.1) is 0 Å². The van der Waals surface area contributed by atoms with E-state index in [1.54, 1.807) is 0 Å². The highest BCUT2D eigenvalue weighted by atomic mass is 79.9. The summed E-state index contributed by atoms with van der Waals surface area (Å²) in [6.07, 6.45) is 7.22. The van der Waals surface area contributed by atoms with Gasteiger partial charge >= 0.3 is 0 Å². The van der Waals surface area contributed by atoms with E-state index in [0.717, 1.165) is 29.3 Å². The number of aliphatic hydroxyl groups is 1. The zero-order chi connectivity index (χ0) is 11.5. The highest BCUT2D eigenvalue weighted by molar-refractivity contribution is 9.13. The van der Waals surface area contributed by atoms with Gasteiger partial charge in [-0.05, 0) is 69.2 Å². The van der Waals surface area contributed by atoms with Crippen LogP contribution in [0.5, 0.6) is 0 Å². The molecule has 1 aromatic rings. The number of halogens is 2. The van der Waals surface area contributed by atoms with Gasteiger partial charge in [0.25, 0.3) is 0 Å². The standard InChI is InChI=1S/C12H14Br2O2/c13-9-7-10(16-12(9)14)11(15)8-5-3-1-2-4-6-8/h5,7,11,15H,1-4,6H2. The second-order valence-corrected chi connectivity index (χ2v) is 5.63. The number of hydrogen-bond acceptors (Lipinski definition) is 2. The smallest absolute Gasteiger partial charge is 0.183 e. The van der Waals surface area contributed by atoms with Gasteiger partial charge in [0.15, 0.2) is 4.67 Å². The van der Waals surface area contributed by atoms with Crippen LogP contribution in [0.15, 0.2) is 31.3 Å². The zero-order valence-corrected chi connectivity index (χ0v) is 12.1. The van der Waals surface area contributed by atoms with Gasteiger partial charge in [-0.3, -0.25) is 0 Å². The van der Waals surface area contributed by atoms with E-state index in [-0.39, 0.29) is 0 Å². The minimum atomic E-state index is -0.597. The molecule has 1 aliphatic rings. The van der Waals surface area contributed by atoms with Gasteiger partial charge in [0.2, 0.25) is 0 Å². The van der Waals surface area contributed by atoms with Gasteiger partial charge in [0, 0.05) is 0 Å². The van der Waals surface area contributed by atoms with Gasteiger partial charge < -0.3 is 9.52 Å². The van der Waals surface area contributed by atoms with Crippen molar-refractivity contribution in [1.29, 1.82) is 0 Å². The predicted octanol–water partition coefficient (Wildman–Crippen LogP) is 4.73. The van der Waals surface area contributed by atoms with Crippen molar-refractivity contribution in [3.8, 4) is 0 Å². The maximum Gasteiger partial charge on any atom is 0.183 e. The Labute approximate surface area is 112 Å². The minimum Gasteiger partial charge on any atom is -0.450 e. The van der Waals surface area contributed by atoms with E-state index in [0.29, 0.717) is 10.4 Å². The van der Waals surface area contributed by atoms with E-state index in [2.05, 4.69) is 37.9 Å². The van der Waals surface area contributed by atoms with Crippen LogP contribution in [0.4, 0.5) is 0 Å². The maximum atomic E-state index is 10.2. The molecule has 0 bridgehead atoms. The molecular weight excluding hydrogens is 336 g/mol. The first kappa shape index (κ1) is 12.4. The zero-order valence-electron chi connectivity index (χ0n) is 8.88. The molecule has 2 nitrogen and oxygen atoms in total. The molecule has 0 saturated carbocycles. The van der Waals surface area contributed by atoms with Crippen molar-refractivity contribution in [3.05, 3.63) is 32.6 Å². The van der Waals surface area contributed by atoms with Crippen molar-refractivity contribution in [2.45, 2.75) is 38.2 Å². The molecule has 2 rings (SSSR count). The summed E-state index contributed by atoms with van der Waals surface area (Å²) in [7, 11) is 0. The molecule has 1 N–H and O–H groups in total. The van der Waals surface area contributed by atoms with E-state index in [4.69, 9.17) is 4.42 Å². The summed E-state index contributed by atoms with van der Waals surface area (Å²) in [5.41, 5.74) is 1.09. The molecule has 0 spiro atoms. The lowest BCUT2D eigenvalue weighted by atomic mass is 10.0. The lowest BCUT2D eigenvalue weighted by Crippen LogP contribution is -1.99. The number of hydrogen-bond donors (Lipinski definition) is 1. The molecule has 0 radical (unpaired) electrons. The van der Waals surface area contributed by atoms with E-state index in [1.807, 2.05) is 6.07 Å². The molecule has 88 valence electrons. The molecule has 1 aromatic heterocycles. The van der Waals surface area contributed by atoms with Crippen molar-refractivity contribution >= 4 is 31.9 Å². The Morgan fingerprint density at radius 2 is 2.06 bits per heavy atom. The van der Waals surface area contributed by atoms with Gasteiger partial charge in [-0.25, -0.2) is 0 Å². The van der Waals surface area contributed by atoms with E-state index >= 15 is 0 Å². The van der Waals surface area contributed by atoms with Crippen LogP contribution < -0.4 is 0 Å². The van der Waals surface area contributed by atoms with E-state index in [9.17, 15) is 5.11 Å². The first-order valence-electron chi connectivity index (χ1n) is 5.50. The largest absolute Gasteiger partial charge is 0.450 e. The number of furan rings is 1. The van der Waals surface area contributed by atoms with E-state index in [1.165, 1.54) is 12.8 Å². The molecule has 0 fully saturated rings. The van der Waals surface area contributed by atoms with Crippen molar-refractivity contribution < 1.29 is 9.52 Å². The van der Waals surface area contributed by atoms with Crippen molar-refractivity contribution in [2.75, 3.05) is 0 Å². The van der Waals surface area contributed by atoms with Crippen LogP contribution in [0.1, 0.15) is 44.0 Å². The van der Waals surface area contributed by atoms with Crippen LogP contribution >= 0.6 is 31.9 Å². The quantitative estimate of drug-likeness (QED) is 0.783. The first-order valence-corrected chi connectivity index (χ1v) is 7.09. The average Bonchev–Trinajstić information content (AvgIpc) is 2.51. The second kappa shape index (κ2) is 5.52. The number of rotatable bonds is 2. The topological polar surface area (TPSA) is 33.4 Å². The van der Waals surface area contributed by atoms with Gasteiger partial charge in [0.1, 0.15) is 11.9 Å². The van der Waals surface area contributed by atoms with Crippen molar-refractivity contribution in [3.63, 3.8) is 0 Å². The molecule has 0 amide bonds. The Morgan fingerprint density at radius 3 is 2.75 bits per heavy atom. The highest BCUT2D eigenvalue weighted by Crippen LogP contribution is 2.35. The van der Waals surface area contributed by atoms with Crippen LogP contribution in [0.3, 0.4) is 0 Å². The summed E-state index contributed by atoms with van der Waals surface area (Å²) in [6.45, 7) is 0. The molecule has 1 aliphatic carbocycles.